The molecule has 0 saturated heterocycles. The Bertz CT molecular complexity index is 378. The van der Waals surface area contributed by atoms with E-state index in [-0.39, 0.29) is 11.2 Å². The van der Waals surface area contributed by atoms with Crippen molar-refractivity contribution in [3.63, 3.8) is 0 Å². The third-order valence-electron chi connectivity index (χ3n) is 2.24. The Hall–Kier alpha value is -1.00. The molecule has 1 aromatic carbocycles. The number of thioether (sulfide) groups is 1. The van der Waals surface area contributed by atoms with Gasteiger partial charge in [-0.1, -0.05) is 12.1 Å². The molecule has 4 heteroatoms. The molecule has 14 heavy (non-hydrogen) atoms. The van der Waals surface area contributed by atoms with Gasteiger partial charge in [-0.25, -0.2) is 0 Å². The lowest BCUT2D eigenvalue weighted by molar-refractivity contribution is -0.115. The van der Waals surface area contributed by atoms with Crippen molar-refractivity contribution in [2.24, 2.45) is 5.73 Å². The smallest absolute Gasteiger partial charge is 0.237 e. The van der Waals surface area contributed by atoms with Gasteiger partial charge in [0.25, 0.3) is 0 Å². The van der Waals surface area contributed by atoms with Crippen molar-refractivity contribution in [2.45, 2.75) is 23.6 Å². The summed E-state index contributed by atoms with van der Waals surface area (Å²) >= 11 is 1.58. The second-order valence-corrected chi connectivity index (χ2v) is 4.60. The van der Waals surface area contributed by atoms with Crippen LogP contribution < -0.4 is 11.1 Å². The lowest BCUT2D eigenvalue weighted by Crippen LogP contribution is -2.27. The van der Waals surface area contributed by atoms with E-state index in [4.69, 9.17) is 5.73 Å². The van der Waals surface area contributed by atoms with E-state index in [1.165, 1.54) is 0 Å². The fourth-order valence-corrected chi connectivity index (χ4v) is 2.52. The van der Waals surface area contributed by atoms with E-state index in [9.17, 15) is 4.79 Å². The summed E-state index contributed by atoms with van der Waals surface area (Å²) in [6, 6.07) is 5.82. The highest BCUT2D eigenvalue weighted by atomic mass is 32.2. The number of carbonyl (C=O) groups is 1. The number of carbonyl (C=O) groups excluding carboxylic acids is 1. The molecule has 0 saturated carbocycles. The summed E-state index contributed by atoms with van der Waals surface area (Å²) in [6.07, 6.45) is 0. The number of hydrogen-bond donors (Lipinski definition) is 2. The maximum absolute atomic E-state index is 11.4. The fraction of sp³-hybridized carbons (Fsp3) is 0.300. The molecule has 0 aliphatic carbocycles. The maximum Gasteiger partial charge on any atom is 0.237 e. The third kappa shape index (κ3) is 1.51. The first-order valence-corrected chi connectivity index (χ1v) is 5.40. The van der Waals surface area contributed by atoms with E-state index >= 15 is 0 Å². The number of nitrogens with one attached hydrogen (secondary N) is 1. The first-order chi connectivity index (χ1) is 6.72. The van der Waals surface area contributed by atoms with Crippen LogP contribution in [-0.2, 0) is 11.3 Å². The van der Waals surface area contributed by atoms with Crippen LogP contribution in [-0.4, -0.2) is 11.2 Å². The van der Waals surface area contributed by atoms with Crippen LogP contribution in [0.4, 0.5) is 5.69 Å². The summed E-state index contributed by atoms with van der Waals surface area (Å²) in [6.45, 7) is 2.41. The van der Waals surface area contributed by atoms with Crippen LogP contribution in [0.25, 0.3) is 0 Å². The van der Waals surface area contributed by atoms with Gasteiger partial charge in [0.1, 0.15) is 0 Å². The Morgan fingerprint density at radius 1 is 1.57 bits per heavy atom. The second-order valence-electron chi connectivity index (χ2n) is 3.25. The van der Waals surface area contributed by atoms with E-state index in [0.29, 0.717) is 6.54 Å². The number of amides is 1. The lowest BCUT2D eigenvalue weighted by atomic mass is 10.2. The molecule has 0 spiro atoms. The summed E-state index contributed by atoms with van der Waals surface area (Å²) in [7, 11) is 0. The quantitative estimate of drug-likeness (QED) is 0.736. The second kappa shape index (κ2) is 3.63. The van der Waals surface area contributed by atoms with E-state index in [1.807, 2.05) is 25.1 Å². The van der Waals surface area contributed by atoms with Crippen LogP contribution >= 0.6 is 11.8 Å². The average molecular weight is 208 g/mol. The largest absolute Gasteiger partial charge is 0.326 e. The summed E-state index contributed by atoms with van der Waals surface area (Å²) in [5.74, 6) is 0.0664. The van der Waals surface area contributed by atoms with Crippen molar-refractivity contribution < 1.29 is 4.79 Å². The van der Waals surface area contributed by atoms with Gasteiger partial charge in [0.2, 0.25) is 5.91 Å². The molecular formula is C10H12N2OS. The van der Waals surface area contributed by atoms with Gasteiger partial charge >= 0.3 is 0 Å². The van der Waals surface area contributed by atoms with Crippen molar-refractivity contribution >= 4 is 23.4 Å². The molecule has 1 heterocycles. The molecule has 0 bridgehead atoms. The molecule has 74 valence electrons. The van der Waals surface area contributed by atoms with Crippen LogP contribution in [0.15, 0.2) is 23.1 Å². The van der Waals surface area contributed by atoms with Gasteiger partial charge in [-0.3, -0.25) is 4.79 Å². The summed E-state index contributed by atoms with van der Waals surface area (Å²) in [5, 5.41) is 2.84. The SMILES string of the molecule is CC1Sc2c(CN)cccc2NC1=O. The molecule has 1 aromatic rings. The zero-order valence-corrected chi connectivity index (χ0v) is 8.73. The molecule has 2 rings (SSSR count). The highest BCUT2D eigenvalue weighted by molar-refractivity contribution is 8.01. The Kier molecular flexibility index (Phi) is 2.48. The van der Waals surface area contributed by atoms with Crippen LogP contribution in [0, 0.1) is 0 Å². The number of benzene rings is 1. The molecule has 0 aromatic heterocycles. The Labute approximate surface area is 87.1 Å². The third-order valence-corrected chi connectivity index (χ3v) is 3.52. The standard InChI is InChI=1S/C10H12N2OS/c1-6-10(13)12-8-4-2-3-7(5-11)9(8)14-6/h2-4,6H,5,11H2,1H3,(H,12,13). The van der Waals surface area contributed by atoms with Crippen molar-refractivity contribution in [2.75, 3.05) is 5.32 Å². The summed E-state index contributed by atoms with van der Waals surface area (Å²) in [4.78, 5) is 12.5. The topological polar surface area (TPSA) is 55.1 Å². The highest BCUT2D eigenvalue weighted by Gasteiger charge is 2.24. The predicted molar refractivity (Wildman–Crippen MR) is 58.3 cm³/mol. The van der Waals surface area contributed by atoms with E-state index in [0.717, 1.165) is 16.1 Å². The molecule has 1 atom stereocenters. The number of fused-ring (bicyclic) bond motifs is 1. The average Bonchev–Trinajstić information content (AvgIpc) is 2.19. The Morgan fingerprint density at radius 2 is 2.36 bits per heavy atom. The minimum Gasteiger partial charge on any atom is -0.326 e. The van der Waals surface area contributed by atoms with Crippen molar-refractivity contribution in [1.29, 1.82) is 0 Å². The first kappa shape index (κ1) is 9.55. The zero-order valence-electron chi connectivity index (χ0n) is 7.91. The van der Waals surface area contributed by atoms with E-state index in [1.54, 1.807) is 11.8 Å². The van der Waals surface area contributed by atoms with Gasteiger partial charge in [-0.2, -0.15) is 0 Å². The predicted octanol–water partition coefficient (Wildman–Crippen LogP) is 1.58. The van der Waals surface area contributed by atoms with Crippen LogP contribution in [0.3, 0.4) is 0 Å². The molecular weight excluding hydrogens is 196 g/mol. The normalized spacial score (nSPS) is 20.1. The molecule has 0 fully saturated rings. The Morgan fingerprint density at radius 3 is 3.07 bits per heavy atom. The van der Waals surface area contributed by atoms with E-state index in [2.05, 4.69) is 5.32 Å². The fourth-order valence-electron chi connectivity index (χ4n) is 1.45. The zero-order chi connectivity index (χ0) is 10.1. The molecule has 1 amide bonds. The summed E-state index contributed by atoms with van der Waals surface area (Å²) in [5.41, 5.74) is 7.61. The van der Waals surface area contributed by atoms with Gasteiger partial charge in [0.05, 0.1) is 10.9 Å². The minimum absolute atomic E-state index is 0.0322. The van der Waals surface area contributed by atoms with Crippen molar-refractivity contribution in [3.8, 4) is 0 Å². The molecule has 0 radical (unpaired) electrons. The number of nitrogens with two attached hydrogens (primary N) is 1. The number of rotatable bonds is 1. The van der Waals surface area contributed by atoms with Crippen LogP contribution in [0.2, 0.25) is 0 Å². The van der Waals surface area contributed by atoms with Crippen molar-refractivity contribution in [3.05, 3.63) is 23.8 Å². The van der Waals surface area contributed by atoms with Gasteiger partial charge in [-0.05, 0) is 18.6 Å². The van der Waals surface area contributed by atoms with Gasteiger partial charge < -0.3 is 11.1 Å². The van der Waals surface area contributed by atoms with Gasteiger partial charge in [-0.15, -0.1) is 11.8 Å². The molecule has 3 nitrogen and oxygen atoms in total. The van der Waals surface area contributed by atoms with Crippen LogP contribution in [0.1, 0.15) is 12.5 Å². The molecule has 1 aliphatic heterocycles. The number of anilines is 1. The minimum atomic E-state index is -0.0322. The maximum atomic E-state index is 11.4. The monoisotopic (exact) mass is 208 g/mol. The van der Waals surface area contributed by atoms with Gasteiger partial charge in [0.15, 0.2) is 0 Å². The van der Waals surface area contributed by atoms with Crippen molar-refractivity contribution in [1.82, 2.24) is 0 Å². The Balaban J connectivity index is 2.46. The highest BCUT2D eigenvalue weighted by Crippen LogP contribution is 2.37. The molecule has 1 aliphatic rings. The molecule has 1 unspecified atom stereocenters. The van der Waals surface area contributed by atoms with Gasteiger partial charge in [0, 0.05) is 11.4 Å². The molecule has 3 N–H and O–H groups in total. The lowest BCUT2D eigenvalue weighted by Gasteiger charge is -2.23. The first-order valence-electron chi connectivity index (χ1n) is 4.52. The summed E-state index contributed by atoms with van der Waals surface area (Å²) < 4.78 is 0. The van der Waals surface area contributed by atoms with E-state index < -0.39 is 0 Å². The van der Waals surface area contributed by atoms with Crippen LogP contribution in [0.5, 0.6) is 0 Å². The number of hydrogen-bond acceptors (Lipinski definition) is 3.